The van der Waals surface area contributed by atoms with Gasteiger partial charge in [-0.25, -0.2) is 9.78 Å². The molecule has 154 valence electrons. The van der Waals surface area contributed by atoms with Crippen molar-refractivity contribution in [1.29, 1.82) is 0 Å². The predicted molar refractivity (Wildman–Crippen MR) is 113 cm³/mol. The first-order valence-electron chi connectivity index (χ1n) is 9.82. The first-order chi connectivity index (χ1) is 13.8. The zero-order chi connectivity index (χ0) is 21.1. The van der Waals surface area contributed by atoms with Gasteiger partial charge in [0.15, 0.2) is 11.6 Å². The number of amides is 2. The maximum atomic E-state index is 12.5. The molecular weight excluding hydrogens is 368 g/mol. The molecule has 0 unspecified atom stereocenters. The Bertz CT molecular complexity index is 948. The van der Waals surface area contributed by atoms with Gasteiger partial charge in [-0.2, -0.15) is 0 Å². The second-order valence-electron chi connectivity index (χ2n) is 7.25. The normalized spacial score (nSPS) is 13.8. The summed E-state index contributed by atoms with van der Waals surface area (Å²) >= 11 is 0. The molecule has 0 atom stereocenters. The van der Waals surface area contributed by atoms with Crippen molar-refractivity contribution < 1.29 is 14.3 Å². The lowest BCUT2D eigenvalue weighted by Gasteiger charge is -2.32. The minimum Gasteiger partial charge on any atom is -0.381 e. The largest absolute Gasteiger partial charge is 0.381 e. The molecular formula is C22H28N4O3. The van der Waals surface area contributed by atoms with Crippen molar-refractivity contribution in [3.63, 3.8) is 0 Å². The number of ketones is 1. The number of nitrogens with zero attached hydrogens (tertiary/aromatic N) is 4. The summed E-state index contributed by atoms with van der Waals surface area (Å²) in [6.45, 7) is 9.54. The molecule has 0 aliphatic carbocycles. The molecule has 2 heterocycles. The lowest BCUT2D eigenvalue weighted by Crippen LogP contribution is -2.42. The molecule has 0 saturated carbocycles. The van der Waals surface area contributed by atoms with Crippen molar-refractivity contribution in [1.82, 2.24) is 14.5 Å². The summed E-state index contributed by atoms with van der Waals surface area (Å²) in [6, 6.07) is 7.42. The van der Waals surface area contributed by atoms with Crippen LogP contribution in [0, 0.1) is 0 Å². The third-order valence-corrected chi connectivity index (χ3v) is 5.09. The number of hydrogen-bond acceptors (Lipinski definition) is 4. The summed E-state index contributed by atoms with van der Waals surface area (Å²) in [5.41, 5.74) is 3.09. The van der Waals surface area contributed by atoms with Gasteiger partial charge in [-0.15, -0.1) is 0 Å². The summed E-state index contributed by atoms with van der Waals surface area (Å²) in [6.07, 6.45) is 1.58. The number of benzene rings is 1. The fourth-order valence-corrected chi connectivity index (χ4v) is 3.44. The van der Waals surface area contributed by atoms with Crippen LogP contribution in [0.4, 0.5) is 10.6 Å². The second-order valence-corrected chi connectivity index (χ2v) is 7.25. The van der Waals surface area contributed by atoms with Crippen LogP contribution < -0.4 is 4.90 Å². The number of carbonyl (C=O) groups excluding carboxylic acids is 2. The number of urea groups is 1. The van der Waals surface area contributed by atoms with E-state index in [-0.39, 0.29) is 11.8 Å². The molecule has 7 heteroatoms. The van der Waals surface area contributed by atoms with Crippen molar-refractivity contribution in [2.75, 3.05) is 32.2 Å². The molecule has 2 amide bonds. The Hall–Kier alpha value is -2.93. The zero-order valence-electron chi connectivity index (χ0n) is 17.6. The molecule has 0 saturated heterocycles. The van der Waals surface area contributed by atoms with Gasteiger partial charge in [-0.05, 0) is 25.0 Å². The average Bonchev–Trinajstić information content (AvgIpc) is 3.06. The van der Waals surface area contributed by atoms with Gasteiger partial charge in [0.25, 0.3) is 0 Å². The van der Waals surface area contributed by atoms with Crippen LogP contribution in [-0.2, 0) is 17.7 Å². The Labute approximate surface area is 171 Å². The van der Waals surface area contributed by atoms with Crippen LogP contribution in [0.5, 0.6) is 0 Å². The number of anilines is 1. The van der Waals surface area contributed by atoms with E-state index in [4.69, 9.17) is 9.72 Å². The quantitative estimate of drug-likeness (QED) is 0.505. The van der Waals surface area contributed by atoms with E-state index in [0.717, 1.165) is 23.5 Å². The molecule has 0 N–H and O–H groups in total. The van der Waals surface area contributed by atoms with E-state index in [0.29, 0.717) is 43.3 Å². The number of aromatic nitrogens is 2. The van der Waals surface area contributed by atoms with Crippen LogP contribution in [-0.4, -0.2) is 53.6 Å². The fraction of sp³-hybridized carbons (Fsp3) is 0.409. The van der Waals surface area contributed by atoms with Crippen molar-refractivity contribution in [3.05, 3.63) is 53.5 Å². The minimum atomic E-state index is -0.167. The Balaban J connectivity index is 2.02. The summed E-state index contributed by atoms with van der Waals surface area (Å²) < 4.78 is 7.73. The lowest BCUT2D eigenvalue weighted by atomic mass is 10.1. The van der Waals surface area contributed by atoms with Crippen molar-refractivity contribution in [3.8, 4) is 0 Å². The Morgan fingerprint density at radius 1 is 1.21 bits per heavy atom. The summed E-state index contributed by atoms with van der Waals surface area (Å²) in [5.74, 6) is 1.46. The number of Topliss-reactive ketones (excluding diaryl/α,β-unsaturated/α-hetero) is 1. The molecule has 0 bridgehead atoms. The molecule has 0 radical (unpaired) electrons. The van der Waals surface area contributed by atoms with E-state index < -0.39 is 0 Å². The van der Waals surface area contributed by atoms with E-state index in [2.05, 4.69) is 18.1 Å². The smallest absolute Gasteiger partial charge is 0.329 e. The number of rotatable bonds is 8. The maximum absolute atomic E-state index is 12.5. The van der Waals surface area contributed by atoms with E-state index in [1.807, 2.05) is 24.3 Å². The molecule has 7 nitrogen and oxygen atoms in total. The van der Waals surface area contributed by atoms with E-state index in [9.17, 15) is 9.59 Å². The van der Waals surface area contributed by atoms with E-state index in [1.54, 1.807) is 25.9 Å². The molecule has 3 rings (SSSR count). The highest BCUT2D eigenvalue weighted by Crippen LogP contribution is 2.34. The van der Waals surface area contributed by atoms with Gasteiger partial charge in [0.2, 0.25) is 0 Å². The van der Waals surface area contributed by atoms with Gasteiger partial charge in [0.1, 0.15) is 11.5 Å². The SMILES string of the molecule is C=C1c2c(nc(CCOCCC)n2Cc2cccc(C(C)=O)c2)N(C)C(=O)N1C. The molecule has 1 aliphatic rings. The van der Waals surface area contributed by atoms with Gasteiger partial charge >= 0.3 is 6.03 Å². The molecule has 29 heavy (non-hydrogen) atoms. The average molecular weight is 396 g/mol. The van der Waals surface area contributed by atoms with Crippen molar-refractivity contribution >= 4 is 23.3 Å². The summed E-state index contributed by atoms with van der Waals surface area (Å²) in [5, 5.41) is 0. The van der Waals surface area contributed by atoms with Crippen molar-refractivity contribution in [2.24, 2.45) is 0 Å². The first kappa shape index (κ1) is 20.8. The van der Waals surface area contributed by atoms with Gasteiger partial charge in [0, 0.05) is 39.2 Å². The second kappa shape index (κ2) is 8.61. The number of hydrogen-bond donors (Lipinski definition) is 0. The number of carbonyl (C=O) groups is 2. The fourth-order valence-electron chi connectivity index (χ4n) is 3.44. The third kappa shape index (κ3) is 4.10. The molecule has 0 spiro atoms. The van der Waals surface area contributed by atoms with Crippen LogP contribution in [0.3, 0.4) is 0 Å². The van der Waals surface area contributed by atoms with Crippen LogP contribution in [0.25, 0.3) is 5.70 Å². The van der Waals surface area contributed by atoms with Crippen LogP contribution in [0.1, 0.15) is 47.7 Å². The third-order valence-electron chi connectivity index (χ3n) is 5.09. The van der Waals surface area contributed by atoms with Gasteiger partial charge < -0.3 is 9.30 Å². The summed E-state index contributed by atoms with van der Waals surface area (Å²) in [7, 11) is 3.43. The molecule has 1 aliphatic heterocycles. The topological polar surface area (TPSA) is 67.7 Å². The van der Waals surface area contributed by atoms with E-state index >= 15 is 0 Å². The highest BCUT2D eigenvalue weighted by Gasteiger charge is 2.34. The Morgan fingerprint density at radius 2 is 1.97 bits per heavy atom. The molecule has 1 aromatic carbocycles. The predicted octanol–water partition coefficient (Wildman–Crippen LogP) is 3.58. The number of ether oxygens (including phenoxy) is 1. The monoisotopic (exact) mass is 396 g/mol. The number of fused-ring (bicyclic) bond motifs is 1. The van der Waals surface area contributed by atoms with Crippen LogP contribution in [0.2, 0.25) is 0 Å². The highest BCUT2D eigenvalue weighted by atomic mass is 16.5. The van der Waals surface area contributed by atoms with Crippen LogP contribution >= 0.6 is 0 Å². The first-order valence-corrected chi connectivity index (χ1v) is 9.82. The molecule has 1 aromatic heterocycles. The Kier molecular flexibility index (Phi) is 6.17. The van der Waals surface area contributed by atoms with Crippen LogP contribution in [0.15, 0.2) is 30.8 Å². The Morgan fingerprint density at radius 3 is 2.66 bits per heavy atom. The molecule has 0 fully saturated rings. The summed E-state index contributed by atoms with van der Waals surface area (Å²) in [4.78, 5) is 32.1. The lowest BCUT2D eigenvalue weighted by molar-refractivity contribution is 0.101. The van der Waals surface area contributed by atoms with Gasteiger partial charge in [0.05, 0.1) is 12.3 Å². The van der Waals surface area contributed by atoms with E-state index in [1.165, 1.54) is 4.90 Å². The minimum absolute atomic E-state index is 0.0298. The number of imidazole rings is 1. The molecule has 2 aromatic rings. The highest BCUT2D eigenvalue weighted by molar-refractivity contribution is 6.02. The van der Waals surface area contributed by atoms with Crippen molar-refractivity contribution in [2.45, 2.75) is 33.2 Å². The zero-order valence-corrected chi connectivity index (χ0v) is 17.6. The van der Waals surface area contributed by atoms with Gasteiger partial charge in [-0.1, -0.05) is 31.7 Å². The maximum Gasteiger partial charge on any atom is 0.329 e. The standard InChI is InChI=1S/C22H28N4O3/c1-6-11-29-12-10-19-23-21-20(15(2)24(4)22(28)25(21)5)26(19)14-17-8-7-9-18(13-17)16(3)27/h7-9,13H,2,6,10-12,14H2,1,3-5H3. The van der Waals surface area contributed by atoms with Gasteiger partial charge in [-0.3, -0.25) is 14.6 Å².